The maximum Gasteiger partial charge on any atom is 0.229 e. The first-order chi connectivity index (χ1) is 14.6. The van der Waals surface area contributed by atoms with Gasteiger partial charge in [0.2, 0.25) is 5.91 Å². The standard InChI is InChI=1S/C21H28N2O2S/c1-3-20(24)23(18-8-5-4-6-9-18)21(25-2)12-15-22(16-13-21)14-11-19-10-7-17-26-19/h4-10,17H,3,11-16H2,1-2H3/i1D3,3D2. The lowest BCUT2D eigenvalue weighted by Gasteiger charge is -2.47. The minimum Gasteiger partial charge on any atom is -0.358 e. The molecule has 0 atom stereocenters. The van der Waals surface area contributed by atoms with Gasteiger partial charge < -0.3 is 9.64 Å². The van der Waals surface area contributed by atoms with Crippen molar-refractivity contribution in [2.45, 2.75) is 38.2 Å². The topological polar surface area (TPSA) is 32.8 Å². The quantitative estimate of drug-likeness (QED) is 0.679. The number of hydrogen-bond donors (Lipinski definition) is 0. The summed E-state index contributed by atoms with van der Waals surface area (Å²) in [4.78, 5) is 18.2. The fourth-order valence-corrected chi connectivity index (χ4v) is 4.24. The molecule has 0 radical (unpaired) electrons. The number of hydrogen-bond acceptors (Lipinski definition) is 4. The highest BCUT2D eigenvalue weighted by Gasteiger charge is 2.42. The maximum atomic E-state index is 13.3. The van der Waals surface area contributed by atoms with Gasteiger partial charge in [0.05, 0.1) is 0 Å². The van der Waals surface area contributed by atoms with E-state index in [2.05, 4.69) is 16.3 Å². The van der Waals surface area contributed by atoms with Crippen LogP contribution < -0.4 is 4.90 Å². The van der Waals surface area contributed by atoms with Crippen LogP contribution in [0.3, 0.4) is 0 Å². The molecule has 1 aliphatic heterocycles. The highest BCUT2D eigenvalue weighted by Crippen LogP contribution is 2.34. The van der Waals surface area contributed by atoms with Gasteiger partial charge in [0.25, 0.3) is 0 Å². The van der Waals surface area contributed by atoms with E-state index < -0.39 is 24.9 Å². The van der Waals surface area contributed by atoms with Crippen LogP contribution in [0.4, 0.5) is 5.69 Å². The van der Waals surface area contributed by atoms with Gasteiger partial charge in [0.1, 0.15) is 5.72 Å². The summed E-state index contributed by atoms with van der Waals surface area (Å²) in [6.45, 7) is -0.887. The Balaban J connectivity index is 1.84. The lowest BCUT2D eigenvalue weighted by atomic mass is 9.96. The predicted molar refractivity (Wildman–Crippen MR) is 108 cm³/mol. The van der Waals surface area contributed by atoms with E-state index in [0.29, 0.717) is 31.6 Å². The van der Waals surface area contributed by atoms with Gasteiger partial charge in [-0.05, 0) is 30.0 Å². The molecule has 0 bridgehead atoms. The van der Waals surface area contributed by atoms with Gasteiger partial charge in [-0.25, -0.2) is 0 Å². The Morgan fingerprint density at radius 3 is 2.69 bits per heavy atom. The van der Waals surface area contributed by atoms with Crippen molar-refractivity contribution in [1.29, 1.82) is 0 Å². The third-order valence-corrected chi connectivity index (χ3v) is 5.94. The smallest absolute Gasteiger partial charge is 0.229 e. The average molecular weight is 378 g/mol. The minimum atomic E-state index is -3.09. The third-order valence-electron chi connectivity index (χ3n) is 5.00. The second-order valence-corrected chi connectivity index (χ2v) is 7.45. The zero-order valence-electron chi connectivity index (χ0n) is 20.0. The second kappa shape index (κ2) is 8.80. The largest absolute Gasteiger partial charge is 0.358 e. The number of para-hydroxylation sites is 1. The summed E-state index contributed by atoms with van der Waals surface area (Å²) in [6, 6.07) is 12.8. The zero-order valence-corrected chi connectivity index (χ0v) is 15.8. The van der Waals surface area contributed by atoms with Gasteiger partial charge in [-0.15, -0.1) is 11.3 Å². The van der Waals surface area contributed by atoms with Crippen LogP contribution in [0.15, 0.2) is 47.8 Å². The molecular weight excluding hydrogens is 344 g/mol. The number of likely N-dealkylation sites (tertiary alicyclic amines) is 1. The fourth-order valence-electron chi connectivity index (χ4n) is 3.54. The van der Waals surface area contributed by atoms with E-state index in [1.54, 1.807) is 41.7 Å². The summed E-state index contributed by atoms with van der Waals surface area (Å²) >= 11 is 1.73. The van der Waals surface area contributed by atoms with E-state index in [0.717, 1.165) is 13.0 Å². The number of nitrogens with zero attached hydrogens (tertiary/aromatic N) is 2. The van der Waals surface area contributed by atoms with Crippen molar-refractivity contribution in [3.63, 3.8) is 0 Å². The van der Waals surface area contributed by atoms with Crippen LogP contribution in [0.5, 0.6) is 0 Å². The molecule has 2 heterocycles. The van der Waals surface area contributed by atoms with Crippen LogP contribution in [0.1, 0.15) is 37.8 Å². The fraction of sp³-hybridized carbons (Fsp3) is 0.476. The van der Waals surface area contributed by atoms with Crippen molar-refractivity contribution in [2.24, 2.45) is 0 Å². The third kappa shape index (κ3) is 4.17. The van der Waals surface area contributed by atoms with Crippen LogP contribution in [0, 0.1) is 0 Å². The summed E-state index contributed by atoms with van der Waals surface area (Å²) in [5.41, 5.74) is -0.689. The number of anilines is 1. The molecule has 1 fully saturated rings. The summed E-state index contributed by atoms with van der Waals surface area (Å²) in [7, 11) is 1.50. The molecule has 0 spiro atoms. The lowest BCUT2D eigenvalue weighted by Crippen LogP contribution is -2.59. The van der Waals surface area contributed by atoms with E-state index >= 15 is 0 Å². The monoisotopic (exact) mass is 377 g/mol. The molecule has 1 amide bonds. The van der Waals surface area contributed by atoms with Gasteiger partial charge >= 0.3 is 0 Å². The van der Waals surface area contributed by atoms with Gasteiger partial charge in [0, 0.05) is 63.4 Å². The van der Waals surface area contributed by atoms with Crippen molar-refractivity contribution in [2.75, 3.05) is 31.6 Å². The molecule has 3 rings (SSSR count). The number of carbonyl (C=O) groups is 1. The molecule has 0 aliphatic carbocycles. The number of benzene rings is 1. The summed E-state index contributed by atoms with van der Waals surface area (Å²) < 4.78 is 44.7. The van der Waals surface area contributed by atoms with E-state index in [4.69, 9.17) is 11.6 Å². The number of rotatable bonds is 7. The van der Waals surface area contributed by atoms with Crippen LogP contribution in [0.25, 0.3) is 0 Å². The van der Waals surface area contributed by atoms with Crippen LogP contribution in [0.2, 0.25) is 0 Å². The molecule has 0 unspecified atom stereocenters. The predicted octanol–water partition coefficient (Wildman–Crippen LogP) is 4.17. The molecule has 1 saturated heterocycles. The van der Waals surface area contributed by atoms with Gasteiger partial charge in [0.15, 0.2) is 0 Å². The van der Waals surface area contributed by atoms with Crippen molar-refractivity contribution in [1.82, 2.24) is 4.90 Å². The van der Waals surface area contributed by atoms with Gasteiger partial charge in [-0.3, -0.25) is 9.69 Å². The minimum absolute atomic E-state index is 0.425. The van der Waals surface area contributed by atoms with E-state index in [9.17, 15) is 4.79 Å². The second-order valence-electron chi connectivity index (χ2n) is 6.42. The Bertz CT molecular complexity index is 850. The van der Waals surface area contributed by atoms with Gasteiger partial charge in [-0.1, -0.05) is 31.1 Å². The first kappa shape index (κ1) is 13.5. The molecular formula is C21H28N2O2S. The molecule has 2 aromatic rings. The van der Waals surface area contributed by atoms with E-state index in [1.165, 1.54) is 16.9 Å². The van der Waals surface area contributed by atoms with Crippen molar-refractivity contribution in [3.8, 4) is 0 Å². The van der Waals surface area contributed by atoms with Crippen LogP contribution in [-0.2, 0) is 16.0 Å². The number of ether oxygens (including phenoxy) is 1. The Morgan fingerprint density at radius 2 is 2.08 bits per heavy atom. The molecule has 0 N–H and O–H groups in total. The summed E-state index contributed by atoms with van der Waals surface area (Å²) in [5, 5.41) is 2.06. The molecule has 1 aromatic carbocycles. The van der Waals surface area contributed by atoms with Crippen molar-refractivity contribution >= 4 is 22.9 Å². The zero-order chi connectivity index (χ0) is 22.7. The van der Waals surface area contributed by atoms with Crippen LogP contribution in [-0.4, -0.2) is 43.3 Å². The highest BCUT2D eigenvalue weighted by atomic mass is 32.1. The normalized spacial score (nSPS) is 21.0. The maximum absolute atomic E-state index is 13.3. The average Bonchev–Trinajstić information content (AvgIpc) is 3.27. The van der Waals surface area contributed by atoms with Crippen molar-refractivity contribution in [3.05, 3.63) is 52.7 Å². The lowest BCUT2D eigenvalue weighted by molar-refractivity contribution is -0.128. The Hall–Kier alpha value is -1.69. The van der Waals surface area contributed by atoms with Crippen LogP contribution >= 0.6 is 11.3 Å². The molecule has 26 heavy (non-hydrogen) atoms. The molecule has 4 nitrogen and oxygen atoms in total. The Labute approximate surface area is 167 Å². The number of carbonyl (C=O) groups excluding carboxylic acids is 1. The number of amides is 1. The van der Waals surface area contributed by atoms with E-state index in [1.807, 2.05) is 6.07 Å². The summed E-state index contributed by atoms with van der Waals surface area (Å²) in [6.07, 6.45) is -1.19. The summed E-state index contributed by atoms with van der Waals surface area (Å²) in [5.74, 6) is -1.10. The van der Waals surface area contributed by atoms with Crippen molar-refractivity contribution < 1.29 is 16.4 Å². The SMILES string of the molecule is [2H]C([2H])([2H])C([2H])([2H])C(=O)N(c1ccccc1)C1(OC)CCN(CCc2cccs2)CC1. The molecule has 0 saturated carbocycles. The Morgan fingerprint density at radius 1 is 1.31 bits per heavy atom. The molecule has 1 aromatic heterocycles. The van der Waals surface area contributed by atoms with Gasteiger partial charge in [-0.2, -0.15) is 0 Å². The molecule has 5 heteroatoms. The number of piperidine rings is 1. The first-order valence-corrected chi connectivity index (χ1v) is 9.68. The highest BCUT2D eigenvalue weighted by molar-refractivity contribution is 7.09. The molecule has 140 valence electrons. The molecule has 1 aliphatic rings. The number of thiophene rings is 1. The van der Waals surface area contributed by atoms with E-state index in [-0.39, 0.29) is 0 Å². The number of methoxy groups -OCH3 is 1. The Kier molecular flexibility index (Phi) is 4.56. The first-order valence-electron chi connectivity index (χ1n) is 11.3.